The van der Waals surface area contributed by atoms with Crippen molar-refractivity contribution in [3.05, 3.63) is 52.8 Å². The van der Waals surface area contributed by atoms with Crippen LogP contribution in [0.5, 0.6) is 0 Å². The molecule has 4 aromatic rings. The fourth-order valence-electron chi connectivity index (χ4n) is 4.24. The number of rotatable bonds is 6. The number of hydrogen-bond donors (Lipinski definition) is 4. The van der Waals surface area contributed by atoms with Crippen molar-refractivity contribution >= 4 is 33.3 Å². The Labute approximate surface area is 192 Å². The van der Waals surface area contributed by atoms with Crippen LogP contribution < -0.4 is 21.5 Å². The Morgan fingerprint density at radius 1 is 1.12 bits per heavy atom. The molecule has 172 valence electrons. The summed E-state index contributed by atoms with van der Waals surface area (Å²) in [5, 5.41) is 4.39. The second kappa shape index (κ2) is 8.88. The second-order valence-electron chi connectivity index (χ2n) is 8.92. The number of benzene rings is 2. The number of nitrogens with two attached hydrogens (primary N) is 1. The van der Waals surface area contributed by atoms with Crippen molar-refractivity contribution in [1.82, 2.24) is 15.0 Å². The van der Waals surface area contributed by atoms with Crippen LogP contribution in [0.2, 0.25) is 0 Å². The van der Waals surface area contributed by atoms with Crippen molar-refractivity contribution in [3.8, 4) is 11.4 Å². The summed E-state index contributed by atoms with van der Waals surface area (Å²) in [5.41, 5.74) is 11.0. The van der Waals surface area contributed by atoms with Crippen LogP contribution in [0.1, 0.15) is 13.8 Å². The van der Waals surface area contributed by atoms with Crippen LogP contribution >= 0.6 is 0 Å². The van der Waals surface area contributed by atoms with Gasteiger partial charge in [0.2, 0.25) is 0 Å². The van der Waals surface area contributed by atoms with Crippen molar-refractivity contribution in [3.63, 3.8) is 0 Å². The molecular formula is C25H30N6O2. The summed E-state index contributed by atoms with van der Waals surface area (Å²) in [6.45, 7) is 7.92. The monoisotopic (exact) mass is 446 g/mol. The molecule has 0 spiro atoms. The van der Waals surface area contributed by atoms with Crippen molar-refractivity contribution in [2.45, 2.75) is 19.9 Å². The zero-order chi connectivity index (χ0) is 22.9. The summed E-state index contributed by atoms with van der Waals surface area (Å²) in [5.74, 6) is 0.857. The highest BCUT2D eigenvalue weighted by molar-refractivity contribution is 5.99. The predicted octanol–water partition coefficient (Wildman–Crippen LogP) is 3.30. The van der Waals surface area contributed by atoms with E-state index in [1.165, 1.54) is 0 Å². The van der Waals surface area contributed by atoms with Gasteiger partial charge in [-0.1, -0.05) is 32.0 Å². The average Bonchev–Trinajstić information content (AvgIpc) is 3.25. The molecule has 1 saturated heterocycles. The molecule has 0 amide bonds. The number of anilines is 2. The molecule has 2 aromatic carbocycles. The molecule has 8 nitrogen and oxygen atoms in total. The Kier molecular flexibility index (Phi) is 5.78. The molecular weight excluding hydrogens is 416 g/mol. The summed E-state index contributed by atoms with van der Waals surface area (Å²) < 4.78 is 5.47. The molecule has 5 rings (SSSR count). The van der Waals surface area contributed by atoms with Gasteiger partial charge in [0.1, 0.15) is 11.4 Å². The number of aromatic nitrogens is 3. The smallest absolute Gasteiger partial charge is 0.261 e. The number of nitrogens with zero attached hydrogens (tertiary/aromatic N) is 2. The van der Waals surface area contributed by atoms with Crippen molar-refractivity contribution < 1.29 is 4.74 Å². The van der Waals surface area contributed by atoms with Gasteiger partial charge in [0.15, 0.2) is 0 Å². The third-order valence-electron chi connectivity index (χ3n) is 6.37. The number of fused-ring (bicyclic) bond motifs is 2. The zero-order valence-electron chi connectivity index (χ0n) is 19.0. The third-order valence-corrected chi connectivity index (χ3v) is 6.37. The van der Waals surface area contributed by atoms with Crippen LogP contribution in [0.25, 0.3) is 33.3 Å². The largest absolute Gasteiger partial charge is 0.382 e. The SMILES string of the molecule is CC(C)C(N)CNc1c(-c2nc3ccc(N4CCOCC4)cc3[nH]2)c(=O)[nH]c2ccccc12. The number of H-pyrrole nitrogens is 2. The lowest BCUT2D eigenvalue weighted by atomic mass is 10.0. The predicted molar refractivity (Wildman–Crippen MR) is 134 cm³/mol. The summed E-state index contributed by atoms with van der Waals surface area (Å²) in [6.07, 6.45) is 0. The van der Waals surface area contributed by atoms with E-state index in [4.69, 9.17) is 15.5 Å². The van der Waals surface area contributed by atoms with Gasteiger partial charge in [0.25, 0.3) is 5.56 Å². The Bertz CT molecular complexity index is 1340. The molecule has 1 aliphatic heterocycles. The number of ether oxygens (including phenoxy) is 1. The molecule has 3 heterocycles. The number of hydrogen-bond acceptors (Lipinski definition) is 6. The van der Waals surface area contributed by atoms with Gasteiger partial charge in [-0.3, -0.25) is 4.79 Å². The minimum atomic E-state index is -0.193. The number of para-hydroxylation sites is 1. The molecule has 2 aromatic heterocycles. The van der Waals surface area contributed by atoms with E-state index in [9.17, 15) is 4.79 Å². The third kappa shape index (κ3) is 4.19. The number of aromatic amines is 2. The second-order valence-corrected chi connectivity index (χ2v) is 8.92. The van der Waals surface area contributed by atoms with Gasteiger partial charge >= 0.3 is 0 Å². The van der Waals surface area contributed by atoms with E-state index < -0.39 is 0 Å². The van der Waals surface area contributed by atoms with Crippen molar-refractivity contribution in [1.29, 1.82) is 0 Å². The first kappa shape index (κ1) is 21.5. The molecule has 0 aliphatic carbocycles. The number of nitrogens with one attached hydrogen (secondary N) is 3. The average molecular weight is 447 g/mol. The van der Waals surface area contributed by atoms with Gasteiger partial charge in [-0.05, 0) is 30.2 Å². The lowest BCUT2D eigenvalue weighted by Gasteiger charge is -2.28. The topological polar surface area (TPSA) is 112 Å². The Morgan fingerprint density at radius 2 is 1.91 bits per heavy atom. The zero-order valence-corrected chi connectivity index (χ0v) is 19.0. The van der Waals surface area contributed by atoms with Gasteiger partial charge in [-0.2, -0.15) is 0 Å². The van der Waals surface area contributed by atoms with Crippen molar-refractivity contribution in [2.24, 2.45) is 11.7 Å². The van der Waals surface area contributed by atoms with E-state index in [0.717, 1.165) is 59.6 Å². The van der Waals surface area contributed by atoms with Crippen LogP contribution in [0.15, 0.2) is 47.3 Å². The summed E-state index contributed by atoms with van der Waals surface area (Å²) in [4.78, 5) is 26.7. The molecule has 0 saturated carbocycles. The van der Waals surface area contributed by atoms with Gasteiger partial charge in [0.05, 0.1) is 35.5 Å². The highest BCUT2D eigenvalue weighted by Gasteiger charge is 2.20. The van der Waals surface area contributed by atoms with E-state index in [-0.39, 0.29) is 11.6 Å². The quantitative estimate of drug-likeness (QED) is 0.362. The van der Waals surface area contributed by atoms with Crippen LogP contribution in [0.3, 0.4) is 0 Å². The maximum absolute atomic E-state index is 13.2. The maximum Gasteiger partial charge on any atom is 0.261 e. The van der Waals surface area contributed by atoms with Gasteiger partial charge < -0.3 is 30.7 Å². The van der Waals surface area contributed by atoms with Crippen LogP contribution in [-0.4, -0.2) is 53.8 Å². The minimum Gasteiger partial charge on any atom is -0.382 e. The summed E-state index contributed by atoms with van der Waals surface area (Å²) >= 11 is 0. The molecule has 8 heteroatoms. The minimum absolute atomic E-state index is 0.0392. The fourth-order valence-corrected chi connectivity index (χ4v) is 4.24. The number of imidazole rings is 1. The first-order chi connectivity index (χ1) is 16.0. The molecule has 33 heavy (non-hydrogen) atoms. The van der Waals surface area contributed by atoms with Crippen LogP contribution in [-0.2, 0) is 4.74 Å². The summed E-state index contributed by atoms with van der Waals surface area (Å²) in [6, 6.07) is 13.9. The molecule has 1 fully saturated rings. The highest BCUT2D eigenvalue weighted by Crippen LogP contribution is 2.31. The summed E-state index contributed by atoms with van der Waals surface area (Å²) in [7, 11) is 0. The molecule has 5 N–H and O–H groups in total. The van der Waals surface area contributed by atoms with Gasteiger partial charge in [0, 0.05) is 36.7 Å². The molecule has 1 aliphatic rings. The first-order valence-electron chi connectivity index (χ1n) is 11.5. The Hall–Kier alpha value is -3.36. The van der Waals surface area contributed by atoms with E-state index in [2.05, 4.69) is 46.2 Å². The fraction of sp³-hybridized carbons (Fsp3) is 0.360. The number of morpholine rings is 1. The molecule has 1 atom stereocenters. The van der Waals surface area contributed by atoms with E-state index in [1.807, 2.05) is 30.3 Å². The van der Waals surface area contributed by atoms with Crippen molar-refractivity contribution in [2.75, 3.05) is 43.1 Å². The van der Waals surface area contributed by atoms with E-state index >= 15 is 0 Å². The van der Waals surface area contributed by atoms with Gasteiger partial charge in [-0.25, -0.2) is 4.98 Å². The standard InChI is InChI=1S/C25H30N6O2/c1-15(2)18(26)14-27-23-17-5-3-4-6-19(17)30-25(32)22(23)24-28-20-8-7-16(13-21(20)29-24)31-9-11-33-12-10-31/h3-8,13,15,18H,9-12,14,26H2,1-2H3,(H,28,29)(H2,27,30,32). The van der Waals surface area contributed by atoms with E-state index in [1.54, 1.807) is 0 Å². The number of pyridine rings is 1. The Morgan fingerprint density at radius 3 is 2.70 bits per heavy atom. The lowest BCUT2D eigenvalue weighted by Crippen LogP contribution is -2.36. The Balaban J connectivity index is 1.60. The molecule has 0 bridgehead atoms. The lowest BCUT2D eigenvalue weighted by molar-refractivity contribution is 0.122. The van der Waals surface area contributed by atoms with Gasteiger partial charge in [-0.15, -0.1) is 0 Å². The normalized spacial score (nSPS) is 15.5. The van der Waals surface area contributed by atoms with E-state index in [0.29, 0.717) is 23.9 Å². The maximum atomic E-state index is 13.2. The molecule has 1 unspecified atom stereocenters. The molecule has 0 radical (unpaired) electrons. The first-order valence-corrected chi connectivity index (χ1v) is 11.5. The van der Waals surface area contributed by atoms with Crippen LogP contribution in [0.4, 0.5) is 11.4 Å². The van der Waals surface area contributed by atoms with Crippen LogP contribution in [0, 0.1) is 5.92 Å². The highest BCUT2D eigenvalue weighted by atomic mass is 16.5.